The second-order valence-electron chi connectivity index (χ2n) is 6.48. The summed E-state index contributed by atoms with van der Waals surface area (Å²) in [7, 11) is 0. The third kappa shape index (κ3) is 4.11. The molecule has 148 valence electrons. The van der Waals surface area contributed by atoms with E-state index in [0.29, 0.717) is 16.3 Å². The molecule has 0 unspecified atom stereocenters. The number of nitrogens with zero attached hydrogens (tertiary/aromatic N) is 1. The molecule has 3 aromatic carbocycles. The van der Waals surface area contributed by atoms with Crippen LogP contribution in [0.5, 0.6) is 0 Å². The number of rotatable bonds is 4. The number of imide groups is 1. The Balaban J connectivity index is 1.62. The van der Waals surface area contributed by atoms with E-state index in [2.05, 4.69) is 5.32 Å². The second kappa shape index (κ2) is 8.26. The Morgan fingerprint density at radius 1 is 0.867 bits per heavy atom. The molecule has 1 fully saturated rings. The van der Waals surface area contributed by atoms with E-state index < -0.39 is 12.0 Å². The Labute approximate surface area is 176 Å². The van der Waals surface area contributed by atoms with Gasteiger partial charge >= 0.3 is 6.09 Å². The van der Waals surface area contributed by atoms with Gasteiger partial charge in [-0.1, -0.05) is 54.6 Å². The normalized spacial score (nSPS) is 14.6. The molecule has 0 bridgehead atoms. The number of thioether (sulfide) groups is 1. The van der Waals surface area contributed by atoms with Gasteiger partial charge in [0.05, 0.1) is 16.3 Å². The molecule has 0 radical (unpaired) electrons. The first-order valence-electron chi connectivity index (χ1n) is 9.05. The van der Waals surface area contributed by atoms with Crippen molar-refractivity contribution < 1.29 is 19.5 Å². The maximum Gasteiger partial charge on any atom is 0.416 e. The van der Waals surface area contributed by atoms with E-state index in [1.54, 1.807) is 36.4 Å². The Morgan fingerprint density at radius 2 is 1.57 bits per heavy atom. The van der Waals surface area contributed by atoms with Crippen molar-refractivity contribution in [1.82, 2.24) is 5.32 Å². The predicted molar refractivity (Wildman–Crippen MR) is 118 cm³/mol. The minimum absolute atomic E-state index is 0.356. The van der Waals surface area contributed by atoms with Crippen LogP contribution >= 0.6 is 11.8 Å². The number of carboxylic acid groups (broad SMARTS) is 1. The van der Waals surface area contributed by atoms with Gasteiger partial charge in [-0.05, 0) is 58.8 Å². The van der Waals surface area contributed by atoms with Crippen molar-refractivity contribution in [3.8, 4) is 11.1 Å². The van der Waals surface area contributed by atoms with Gasteiger partial charge in [0.2, 0.25) is 0 Å². The Hall–Kier alpha value is -3.84. The van der Waals surface area contributed by atoms with Crippen LogP contribution < -0.4 is 10.2 Å². The molecular formula is C23H16N2O4S. The van der Waals surface area contributed by atoms with Gasteiger partial charge in [0.1, 0.15) is 0 Å². The number of benzene rings is 3. The summed E-state index contributed by atoms with van der Waals surface area (Å²) >= 11 is 0.875. The summed E-state index contributed by atoms with van der Waals surface area (Å²) in [5.74, 6) is -0.392. The SMILES string of the molecule is O=C1NC(=O)C(=Cc2ccc(-c3cccc(N(C(=O)O)c4ccccc4)c3)cc2)S1. The van der Waals surface area contributed by atoms with Crippen molar-refractivity contribution in [2.24, 2.45) is 0 Å². The van der Waals surface area contributed by atoms with Crippen LogP contribution in [-0.2, 0) is 4.79 Å². The number of hydrogen-bond donors (Lipinski definition) is 2. The predicted octanol–water partition coefficient (Wildman–Crippen LogP) is 5.49. The monoisotopic (exact) mass is 416 g/mol. The van der Waals surface area contributed by atoms with E-state index in [1.165, 1.54) is 4.90 Å². The Morgan fingerprint density at radius 3 is 2.20 bits per heavy atom. The maximum atomic E-state index is 11.9. The van der Waals surface area contributed by atoms with Gasteiger partial charge in [0.25, 0.3) is 11.1 Å². The number of carbonyl (C=O) groups excluding carboxylic acids is 2. The van der Waals surface area contributed by atoms with Crippen molar-refractivity contribution >= 4 is 46.5 Å². The summed E-state index contributed by atoms with van der Waals surface area (Å²) in [5, 5.41) is 11.6. The van der Waals surface area contributed by atoms with E-state index >= 15 is 0 Å². The summed E-state index contributed by atoms with van der Waals surface area (Å²) < 4.78 is 0. The molecule has 0 spiro atoms. The highest BCUT2D eigenvalue weighted by Crippen LogP contribution is 2.31. The number of amides is 3. The Kier molecular flexibility index (Phi) is 5.36. The van der Waals surface area contributed by atoms with Gasteiger partial charge in [0, 0.05) is 0 Å². The molecule has 0 aromatic heterocycles. The summed E-state index contributed by atoms with van der Waals surface area (Å²) in [4.78, 5) is 36.4. The first-order chi connectivity index (χ1) is 14.5. The van der Waals surface area contributed by atoms with Crippen LogP contribution in [0.1, 0.15) is 5.56 Å². The van der Waals surface area contributed by atoms with Crippen LogP contribution in [0.4, 0.5) is 21.0 Å². The van der Waals surface area contributed by atoms with E-state index in [-0.39, 0.29) is 5.24 Å². The van der Waals surface area contributed by atoms with Crippen molar-refractivity contribution in [3.05, 3.63) is 89.3 Å². The number of hydrogen-bond acceptors (Lipinski definition) is 4. The third-order valence-electron chi connectivity index (χ3n) is 4.49. The summed E-state index contributed by atoms with van der Waals surface area (Å²) in [5.41, 5.74) is 3.65. The third-order valence-corrected chi connectivity index (χ3v) is 5.30. The van der Waals surface area contributed by atoms with Crippen molar-refractivity contribution in [3.63, 3.8) is 0 Å². The molecule has 1 aliphatic rings. The molecule has 1 heterocycles. The van der Waals surface area contributed by atoms with E-state index in [9.17, 15) is 19.5 Å². The molecule has 6 nitrogen and oxygen atoms in total. The fraction of sp³-hybridized carbons (Fsp3) is 0. The first-order valence-corrected chi connectivity index (χ1v) is 9.86. The lowest BCUT2D eigenvalue weighted by Crippen LogP contribution is -2.23. The average molecular weight is 416 g/mol. The highest BCUT2D eigenvalue weighted by atomic mass is 32.2. The van der Waals surface area contributed by atoms with Crippen molar-refractivity contribution in [2.45, 2.75) is 0 Å². The molecule has 0 aliphatic carbocycles. The average Bonchev–Trinajstić information content (AvgIpc) is 3.06. The van der Waals surface area contributed by atoms with Gasteiger partial charge in [-0.25, -0.2) is 9.69 Å². The molecule has 4 rings (SSSR count). The maximum absolute atomic E-state index is 11.9. The molecule has 0 atom stereocenters. The van der Waals surface area contributed by atoms with Crippen LogP contribution in [0, 0.1) is 0 Å². The lowest BCUT2D eigenvalue weighted by atomic mass is 10.0. The van der Waals surface area contributed by atoms with Gasteiger partial charge in [-0.2, -0.15) is 0 Å². The molecule has 0 saturated carbocycles. The zero-order valence-corrected chi connectivity index (χ0v) is 16.4. The van der Waals surface area contributed by atoms with Crippen LogP contribution in [0.3, 0.4) is 0 Å². The van der Waals surface area contributed by atoms with Gasteiger partial charge in [-0.3, -0.25) is 14.9 Å². The molecule has 2 N–H and O–H groups in total. The topological polar surface area (TPSA) is 86.7 Å². The standard InChI is InChI=1S/C23H16N2O4S/c26-21-20(30-22(27)24-21)13-15-9-11-16(12-10-15)17-5-4-8-19(14-17)25(23(28)29)18-6-2-1-3-7-18/h1-14H,(H,28,29)(H,24,26,27). The lowest BCUT2D eigenvalue weighted by Gasteiger charge is -2.20. The molecule has 30 heavy (non-hydrogen) atoms. The molecule has 3 amide bonds. The van der Waals surface area contributed by atoms with Crippen molar-refractivity contribution in [2.75, 3.05) is 4.90 Å². The summed E-state index contributed by atoms with van der Waals surface area (Å²) in [6.45, 7) is 0. The number of para-hydroxylation sites is 1. The van der Waals surface area contributed by atoms with Crippen LogP contribution in [0.2, 0.25) is 0 Å². The van der Waals surface area contributed by atoms with E-state index in [4.69, 9.17) is 0 Å². The van der Waals surface area contributed by atoms with Gasteiger partial charge in [-0.15, -0.1) is 0 Å². The minimum atomic E-state index is -1.07. The summed E-state index contributed by atoms with van der Waals surface area (Å²) in [6, 6.07) is 23.6. The fourth-order valence-electron chi connectivity index (χ4n) is 3.12. The van der Waals surface area contributed by atoms with Crippen LogP contribution in [-0.4, -0.2) is 22.3 Å². The quantitative estimate of drug-likeness (QED) is 0.549. The first kappa shape index (κ1) is 19.5. The molecule has 7 heteroatoms. The largest absolute Gasteiger partial charge is 0.464 e. The number of nitrogens with one attached hydrogen (secondary N) is 1. The van der Waals surface area contributed by atoms with Crippen LogP contribution in [0.25, 0.3) is 17.2 Å². The number of anilines is 2. The molecular weight excluding hydrogens is 400 g/mol. The zero-order chi connectivity index (χ0) is 21.1. The summed E-state index contributed by atoms with van der Waals surface area (Å²) in [6.07, 6.45) is 0.592. The highest BCUT2D eigenvalue weighted by molar-refractivity contribution is 8.18. The smallest absolute Gasteiger partial charge is 0.416 e. The second-order valence-corrected chi connectivity index (χ2v) is 7.49. The van der Waals surface area contributed by atoms with Gasteiger partial charge in [0.15, 0.2) is 0 Å². The number of carbonyl (C=O) groups is 3. The van der Waals surface area contributed by atoms with Crippen LogP contribution in [0.15, 0.2) is 83.8 Å². The molecule has 3 aromatic rings. The van der Waals surface area contributed by atoms with E-state index in [1.807, 2.05) is 48.5 Å². The molecule has 1 aliphatic heterocycles. The van der Waals surface area contributed by atoms with Gasteiger partial charge < -0.3 is 5.11 Å². The zero-order valence-electron chi connectivity index (χ0n) is 15.6. The highest BCUT2D eigenvalue weighted by Gasteiger charge is 2.24. The van der Waals surface area contributed by atoms with Crippen molar-refractivity contribution in [1.29, 1.82) is 0 Å². The fourth-order valence-corrected chi connectivity index (χ4v) is 3.80. The lowest BCUT2D eigenvalue weighted by molar-refractivity contribution is -0.115. The minimum Gasteiger partial charge on any atom is -0.464 e. The van der Waals surface area contributed by atoms with E-state index in [0.717, 1.165) is 28.5 Å². The Bertz CT molecular complexity index is 1160. The molecule has 1 saturated heterocycles.